The quantitative estimate of drug-likeness (QED) is 0.796. The normalized spacial score (nSPS) is 12.2. The molecule has 0 fully saturated rings. The molecule has 1 amide bonds. The van der Waals surface area contributed by atoms with Gasteiger partial charge in [-0.25, -0.2) is 0 Å². The maximum Gasteiger partial charge on any atom is 0.255 e. The third-order valence-electron chi connectivity index (χ3n) is 2.32. The minimum Gasteiger partial charge on any atom is -0.507 e. The summed E-state index contributed by atoms with van der Waals surface area (Å²) in [7, 11) is 0. The van der Waals surface area contributed by atoms with Crippen LogP contribution in [0.3, 0.4) is 0 Å². The van der Waals surface area contributed by atoms with E-state index in [0.717, 1.165) is 5.56 Å². The molecule has 1 aromatic carbocycles. The number of alkyl halides is 1. The van der Waals surface area contributed by atoms with Gasteiger partial charge in [-0.3, -0.25) is 4.79 Å². The summed E-state index contributed by atoms with van der Waals surface area (Å²) >= 11 is 5.58. The molecular formula is C12H16ClNO2. The highest BCUT2D eigenvalue weighted by atomic mass is 35.5. The first kappa shape index (κ1) is 12.8. The van der Waals surface area contributed by atoms with Gasteiger partial charge in [0.25, 0.3) is 5.91 Å². The molecule has 3 nitrogen and oxygen atoms in total. The summed E-state index contributed by atoms with van der Waals surface area (Å²) in [6.07, 6.45) is 0.708. The van der Waals surface area contributed by atoms with Gasteiger partial charge in [0.15, 0.2) is 0 Å². The van der Waals surface area contributed by atoms with Crippen LogP contribution in [0.2, 0.25) is 0 Å². The summed E-state index contributed by atoms with van der Waals surface area (Å²) in [5.74, 6) is 0.243. The maximum atomic E-state index is 11.7. The lowest BCUT2D eigenvalue weighted by molar-refractivity contribution is 0.0937. The molecule has 0 spiro atoms. The van der Waals surface area contributed by atoms with Crippen LogP contribution in [0.15, 0.2) is 18.2 Å². The summed E-state index contributed by atoms with van der Waals surface area (Å²) in [4.78, 5) is 11.7. The second-order valence-electron chi connectivity index (χ2n) is 3.87. The van der Waals surface area contributed by atoms with Gasteiger partial charge in [-0.15, -0.1) is 11.6 Å². The van der Waals surface area contributed by atoms with E-state index in [9.17, 15) is 9.90 Å². The van der Waals surface area contributed by atoms with E-state index in [0.29, 0.717) is 17.9 Å². The summed E-state index contributed by atoms with van der Waals surface area (Å²) in [6, 6.07) is 4.99. The summed E-state index contributed by atoms with van der Waals surface area (Å²) < 4.78 is 0. The fourth-order valence-corrected chi connectivity index (χ4v) is 1.70. The zero-order chi connectivity index (χ0) is 12.1. The Kier molecular flexibility index (Phi) is 4.62. The smallest absolute Gasteiger partial charge is 0.255 e. The van der Waals surface area contributed by atoms with E-state index < -0.39 is 0 Å². The third-order valence-corrected chi connectivity index (χ3v) is 2.54. The second-order valence-corrected chi connectivity index (χ2v) is 4.25. The van der Waals surface area contributed by atoms with Gasteiger partial charge in [-0.1, -0.05) is 6.07 Å². The van der Waals surface area contributed by atoms with E-state index in [1.807, 2.05) is 13.8 Å². The fourth-order valence-electron chi connectivity index (χ4n) is 1.37. The number of phenolic OH excluding ortho intramolecular Hbond substituents is 1. The first-order valence-corrected chi connectivity index (χ1v) is 5.74. The second kappa shape index (κ2) is 5.75. The van der Waals surface area contributed by atoms with Gasteiger partial charge >= 0.3 is 0 Å². The van der Waals surface area contributed by atoms with Crippen LogP contribution >= 0.6 is 11.6 Å². The average Bonchev–Trinajstić information content (AvgIpc) is 2.17. The highest BCUT2D eigenvalue weighted by Crippen LogP contribution is 2.18. The van der Waals surface area contributed by atoms with Gasteiger partial charge in [0.05, 0.1) is 5.56 Å². The monoisotopic (exact) mass is 241 g/mol. The lowest BCUT2D eigenvalue weighted by Gasteiger charge is -2.13. The van der Waals surface area contributed by atoms with Crippen molar-refractivity contribution in [2.45, 2.75) is 26.3 Å². The first-order chi connectivity index (χ1) is 7.54. The number of carbonyl (C=O) groups excluding carboxylic acids is 1. The lowest BCUT2D eigenvalue weighted by Crippen LogP contribution is -2.32. The van der Waals surface area contributed by atoms with Gasteiger partial charge in [0, 0.05) is 11.9 Å². The van der Waals surface area contributed by atoms with E-state index >= 15 is 0 Å². The number of hydrogen-bond donors (Lipinski definition) is 2. The molecule has 0 aromatic heterocycles. The molecule has 1 atom stereocenters. The molecule has 0 aliphatic rings. The Morgan fingerprint density at radius 2 is 2.25 bits per heavy atom. The molecular weight excluding hydrogens is 226 g/mol. The molecule has 0 aliphatic heterocycles. The molecule has 2 N–H and O–H groups in total. The van der Waals surface area contributed by atoms with Crippen LogP contribution in [0.25, 0.3) is 0 Å². The SMILES string of the molecule is Cc1ccc(C(=O)NC(C)CCCl)c(O)c1. The molecule has 1 aromatic rings. The Labute approximate surface area is 100 Å². The van der Waals surface area contributed by atoms with Crippen molar-refractivity contribution in [1.29, 1.82) is 0 Å². The van der Waals surface area contributed by atoms with Crippen LogP contribution in [0, 0.1) is 6.92 Å². The molecule has 0 saturated heterocycles. The molecule has 88 valence electrons. The van der Waals surface area contributed by atoms with Crippen molar-refractivity contribution in [3.63, 3.8) is 0 Å². The Bertz CT molecular complexity index is 379. The van der Waals surface area contributed by atoms with Gasteiger partial charge in [-0.05, 0) is 38.0 Å². The number of carbonyl (C=O) groups is 1. The number of aromatic hydroxyl groups is 1. The Balaban J connectivity index is 2.73. The van der Waals surface area contributed by atoms with Crippen molar-refractivity contribution in [3.8, 4) is 5.75 Å². The Morgan fingerprint density at radius 1 is 1.56 bits per heavy atom. The van der Waals surface area contributed by atoms with Crippen molar-refractivity contribution in [1.82, 2.24) is 5.32 Å². The molecule has 0 radical (unpaired) electrons. The lowest BCUT2D eigenvalue weighted by atomic mass is 10.1. The van der Waals surface area contributed by atoms with E-state index in [2.05, 4.69) is 5.32 Å². The molecule has 0 saturated carbocycles. The fraction of sp³-hybridized carbons (Fsp3) is 0.417. The van der Waals surface area contributed by atoms with E-state index in [-0.39, 0.29) is 17.7 Å². The number of aryl methyl sites for hydroxylation is 1. The predicted molar refractivity (Wildman–Crippen MR) is 65.1 cm³/mol. The van der Waals surface area contributed by atoms with Crippen LogP contribution in [0.5, 0.6) is 5.75 Å². The third kappa shape index (κ3) is 3.42. The number of amides is 1. The van der Waals surface area contributed by atoms with E-state index in [4.69, 9.17) is 11.6 Å². The molecule has 16 heavy (non-hydrogen) atoms. The highest BCUT2D eigenvalue weighted by Gasteiger charge is 2.13. The van der Waals surface area contributed by atoms with Gasteiger partial charge in [0.1, 0.15) is 5.75 Å². The zero-order valence-corrected chi connectivity index (χ0v) is 10.2. The van der Waals surface area contributed by atoms with Crippen molar-refractivity contribution in [2.24, 2.45) is 0 Å². The number of halogens is 1. The van der Waals surface area contributed by atoms with Crippen LogP contribution in [-0.2, 0) is 0 Å². The minimum absolute atomic E-state index is 0.00528. The molecule has 4 heteroatoms. The number of rotatable bonds is 4. The van der Waals surface area contributed by atoms with Gasteiger partial charge < -0.3 is 10.4 Å². The van der Waals surface area contributed by atoms with Gasteiger partial charge in [-0.2, -0.15) is 0 Å². The Morgan fingerprint density at radius 3 is 2.81 bits per heavy atom. The summed E-state index contributed by atoms with van der Waals surface area (Å²) in [5.41, 5.74) is 1.22. The molecule has 0 aliphatic carbocycles. The Hall–Kier alpha value is -1.22. The molecule has 1 unspecified atom stereocenters. The van der Waals surface area contributed by atoms with Crippen LogP contribution in [-0.4, -0.2) is 22.9 Å². The van der Waals surface area contributed by atoms with Crippen molar-refractivity contribution in [2.75, 3.05) is 5.88 Å². The van der Waals surface area contributed by atoms with Gasteiger partial charge in [0.2, 0.25) is 0 Å². The summed E-state index contributed by atoms with van der Waals surface area (Å²) in [6.45, 7) is 3.74. The summed E-state index contributed by atoms with van der Waals surface area (Å²) in [5, 5.41) is 12.4. The van der Waals surface area contributed by atoms with Crippen LogP contribution in [0.1, 0.15) is 29.3 Å². The maximum absolute atomic E-state index is 11.7. The largest absolute Gasteiger partial charge is 0.507 e. The molecule has 0 bridgehead atoms. The first-order valence-electron chi connectivity index (χ1n) is 5.21. The highest BCUT2D eigenvalue weighted by molar-refractivity contribution is 6.17. The van der Waals surface area contributed by atoms with Crippen LogP contribution in [0.4, 0.5) is 0 Å². The number of nitrogens with one attached hydrogen (secondary N) is 1. The van der Waals surface area contributed by atoms with Crippen LogP contribution < -0.4 is 5.32 Å². The number of hydrogen-bond acceptors (Lipinski definition) is 2. The predicted octanol–water partition coefficient (Wildman–Crippen LogP) is 2.45. The minimum atomic E-state index is -0.268. The number of phenols is 1. The van der Waals surface area contributed by atoms with Crippen molar-refractivity contribution < 1.29 is 9.90 Å². The molecule has 1 rings (SSSR count). The van der Waals surface area contributed by atoms with Crippen molar-refractivity contribution >= 4 is 17.5 Å². The van der Waals surface area contributed by atoms with E-state index in [1.165, 1.54) is 0 Å². The molecule has 0 heterocycles. The standard InChI is InChI=1S/C12H16ClNO2/c1-8-3-4-10(11(15)7-8)12(16)14-9(2)5-6-13/h3-4,7,9,15H,5-6H2,1-2H3,(H,14,16). The topological polar surface area (TPSA) is 49.3 Å². The van der Waals surface area contributed by atoms with E-state index in [1.54, 1.807) is 18.2 Å². The zero-order valence-electron chi connectivity index (χ0n) is 9.46. The number of benzene rings is 1. The van der Waals surface area contributed by atoms with Crippen molar-refractivity contribution in [3.05, 3.63) is 29.3 Å². The average molecular weight is 242 g/mol.